The maximum Gasteiger partial charge on any atom is 0.243 e. The number of hydrogen-bond acceptors (Lipinski definition) is 5. The molecule has 17 heavy (non-hydrogen) atoms. The van der Waals surface area contributed by atoms with Crippen molar-refractivity contribution in [2.75, 3.05) is 6.61 Å². The van der Waals surface area contributed by atoms with E-state index in [1.54, 1.807) is 0 Å². The molecule has 0 bridgehead atoms. The highest BCUT2D eigenvalue weighted by atomic mass is 16.5. The highest BCUT2D eigenvalue weighted by Crippen LogP contribution is 2.25. The molecule has 0 aromatic carbocycles. The second-order valence-electron chi connectivity index (χ2n) is 4.16. The lowest BCUT2D eigenvalue weighted by Crippen LogP contribution is -2.19. The molecule has 6 nitrogen and oxygen atoms in total. The topological polar surface area (TPSA) is 93.6 Å². The van der Waals surface area contributed by atoms with E-state index in [2.05, 4.69) is 15.1 Å². The third-order valence-electron chi connectivity index (χ3n) is 2.95. The van der Waals surface area contributed by atoms with Gasteiger partial charge in [-0.15, -0.1) is 0 Å². The van der Waals surface area contributed by atoms with E-state index >= 15 is 0 Å². The first kappa shape index (κ1) is 11.6. The Bertz CT molecular complexity index is 402. The molecule has 1 aromatic heterocycles. The summed E-state index contributed by atoms with van der Waals surface area (Å²) in [7, 11) is 0. The first-order valence-electron chi connectivity index (χ1n) is 5.73. The fourth-order valence-electron chi connectivity index (χ4n) is 2.03. The van der Waals surface area contributed by atoms with Gasteiger partial charge in [-0.3, -0.25) is 0 Å². The van der Waals surface area contributed by atoms with Gasteiger partial charge in [0.2, 0.25) is 5.88 Å². The Hall–Kier alpha value is -1.85. The smallest absolute Gasteiger partial charge is 0.243 e. The maximum absolute atomic E-state index is 8.63. The Morgan fingerprint density at radius 2 is 2.12 bits per heavy atom. The highest BCUT2D eigenvalue weighted by molar-refractivity contribution is 5.97. The number of amidine groups is 1. The number of oxime groups is 1. The SMILES string of the molecule is NC(=NO)c1nccnc1OCC1CCCC1. The lowest BCUT2D eigenvalue weighted by Gasteiger charge is -2.12. The number of aromatic nitrogens is 2. The summed E-state index contributed by atoms with van der Waals surface area (Å²) in [5.74, 6) is 0.825. The lowest BCUT2D eigenvalue weighted by molar-refractivity contribution is 0.241. The van der Waals surface area contributed by atoms with Crippen molar-refractivity contribution < 1.29 is 9.94 Å². The Morgan fingerprint density at radius 1 is 1.41 bits per heavy atom. The van der Waals surface area contributed by atoms with Gasteiger partial charge < -0.3 is 15.7 Å². The fraction of sp³-hybridized carbons (Fsp3) is 0.545. The van der Waals surface area contributed by atoms with E-state index < -0.39 is 0 Å². The molecule has 0 spiro atoms. The number of nitrogens with two attached hydrogens (primary N) is 1. The van der Waals surface area contributed by atoms with Crippen LogP contribution in [0, 0.1) is 5.92 Å². The molecule has 0 unspecified atom stereocenters. The van der Waals surface area contributed by atoms with Crippen LogP contribution in [0.2, 0.25) is 0 Å². The van der Waals surface area contributed by atoms with Gasteiger partial charge in [-0.05, 0) is 18.8 Å². The summed E-state index contributed by atoms with van der Waals surface area (Å²) in [4.78, 5) is 8.04. The van der Waals surface area contributed by atoms with E-state index in [4.69, 9.17) is 15.7 Å². The molecular formula is C11H16N4O2. The van der Waals surface area contributed by atoms with Crippen LogP contribution in [0.15, 0.2) is 17.5 Å². The minimum Gasteiger partial charge on any atom is -0.476 e. The molecule has 0 aliphatic heterocycles. The average Bonchev–Trinajstić information content (AvgIpc) is 2.89. The van der Waals surface area contributed by atoms with E-state index in [1.807, 2.05) is 0 Å². The molecule has 0 radical (unpaired) electrons. The van der Waals surface area contributed by atoms with Crippen LogP contribution in [0.1, 0.15) is 31.4 Å². The second-order valence-corrected chi connectivity index (χ2v) is 4.16. The molecule has 3 N–H and O–H groups in total. The van der Waals surface area contributed by atoms with Crippen LogP contribution in [0.3, 0.4) is 0 Å². The van der Waals surface area contributed by atoms with E-state index in [1.165, 1.54) is 38.1 Å². The minimum atomic E-state index is -0.0838. The van der Waals surface area contributed by atoms with Crippen LogP contribution in [-0.4, -0.2) is 27.6 Å². The van der Waals surface area contributed by atoms with Gasteiger partial charge in [-0.25, -0.2) is 9.97 Å². The maximum atomic E-state index is 8.63. The zero-order valence-electron chi connectivity index (χ0n) is 9.54. The predicted octanol–water partition coefficient (Wildman–Crippen LogP) is 1.14. The summed E-state index contributed by atoms with van der Waals surface area (Å²) < 4.78 is 5.60. The van der Waals surface area contributed by atoms with Crippen molar-refractivity contribution in [3.63, 3.8) is 0 Å². The zero-order chi connectivity index (χ0) is 12.1. The molecular weight excluding hydrogens is 220 g/mol. The molecule has 0 amide bonds. The largest absolute Gasteiger partial charge is 0.476 e. The monoisotopic (exact) mass is 236 g/mol. The summed E-state index contributed by atoms with van der Waals surface area (Å²) in [6.45, 7) is 0.615. The number of rotatable bonds is 4. The van der Waals surface area contributed by atoms with Gasteiger partial charge in [0.15, 0.2) is 11.5 Å². The lowest BCUT2D eigenvalue weighted by atomic mass is 10.1. The molecule has 0 saturated heterocycles. The summed E-state index contributed by atoms with van der Waals surface area (Å²) in [6, 6.07) is 0. The molecule has 1 aliphatic carbocycles. The summed E-state index contributed by atoms with van der Waals surface area (Å²) >= 11 is 0. The van der Waals surface area contributed by atoms with Gasteiger partial charge in [0, 0.05) is 12.4 Å². The summed E-state index contributed by atoms with van der Waals surface area (Å²) in [5.41, 5.74) is 5.78. The normalized spacial score (nSPS) is 17.3. The zero-order valence-corrected chi connectivity index (χ0v) is 9.54. The molecule has 2 rings (SSSR count). The molecule has 1 aromatic rings. The van der Waals surface area contributed by atoms with Crippen molar-refractivity contribution in [3.05, 3.63) is 18.1 Å². The molecule has 1 saturated carbocycles. The number of hydrogen-bond donors (Lipinski definition) is 2. The quantitative estimate of drug-likeness (QED) is 0.354. The van der Waals surface area contributed by atoms with Gasteiger partial charge in [-0.2, -0.15) is 0 Å². The average molecular weight is 236 g/mol. The molecule has 6 heteroatoms. The van der Waals surface area contributed by atoms with Crippen molar-refractivity contribution in [2.45, 2.75) is 25.7 Å². The van der Waals surface area contributed by atoms with Crippen molar-refractivity contribution in [1.82, 2.24) is 9.97 Å². The van der Waals surface area contributed by atoms with Crippen molar-refractivity contribution in [2.24, 2.45) is 16.8 Å². The molecule has 1 fully saturated rings. The van der Waals surface area contributed by atoms with E-state index in [9.17, 15) is 0 Å². The Morgan fingerprint density at radius 3 is 2.82 bits per heavy atom. The third-order valence-corrected chi connectivity index (χ3v) is 2.95. The first-order chi connectivity index (χ1) is 8.31. The minimum absolute atomic E-state index is 0.0838. The molecule has 92 valence electrons. The Labute approximate surface area is 99.5 Å². The Balaban J connectivity index is 2.04. The van der Waals surface area contributed by atoms with Gasteiger partial charge in [0.1, 0.15) is 0 Å². The standard InChI is InChI=1S/C11H16N4O2/c12-10(15-16)9-11(14-6-5-13-9)17-7-8-3-1-2-4-8/h5-6,8,16H,1-4,7H2,(H2,12,15). The predicted molar refractivity (Wildman–Crippen MR) is 62.0 cm³/mol. The van der Waals surface area contributed by atoms with Crippen molar-refractivity contribution in [1.29, 1.82) is 0 Å². The van der Waals surface area contributed by atoms with E-state index in [0.717, 1.165) is 0 Å². The van der Waals surface area contributed by atoms with Crippen LogP contribution in [0.25, 0.3) is 0 Å². The highest BCUT2D eigenvalue weighted by Gasteiger charge is 2.18. The van der Waals surface area contributed by atoms with Gasteiger partial charge in [0.05, 0.1) is 6.61 Å². The first-order valence-corrected chi connectivity index (χ1v) is 5.73. The summed E-state index contributed by atoms with van der Waals surface area (Å²) in [5, 5.41) is 11.5. The molecule has 1 heterocycles. The van der Waals surface area contributed by atoms with Crippen LogP contribution in [0.4, 0.5) is 0 Å². The fourth-order valence-corrected chi connectivity index (χ4v) is 2.03. The summed E-state index contributed by atoms with van der Waals surface area (Å²) in [6.07, 6.45) is 7.93. The van der Waals surface area contributed by atoms with Gasteiger partial charge in [-0.1, -0.05) is 18.0 Å². The number of nitrogens with zero attached hydrogens (tertiary/aromatic N) is 3. The second kappa shape index (κ2) is 5.47. The van der Waals surface area contributed by atoms with Gasteiger partial charge in [0.25, 0.3) is 0 Å². The van der Waals surface area contributed by atoms with Crippen LogP contribution in [-0.2, 0) is 0 Å². The third kappa shape index (κ3) is 2.83. The number of ether oxygens (including phenoxy) is 1. The van der Waals surface area contributed by atoms with Gasteiger partial charge >= 0.3 is 0 Å². The molecule has 1 aliphatic rings. The van der Waals surface area contributed by atoms with Crippen LogP contribution in [0.5, 0.6) is 5.88 Å². The Kier molecular flexibility index (Phi) is 3.74. The van der Waals surface area contributed by atoms with Crippen molar-refractivity contribution >= 4 is 5.84 Å². The van der Waals surface area contributed by atoms with E-state index in [-0.39, 0.29) is 11.5 Å². The van der Waals surface area contributed by atoms with E-state index in [0.29, 0.717) is 18.4 Å². The molecule has 0 atom stereocenters. The van der Waals surface area contributed by atoms with Crippen molar-refractivity contribution in [3.8, 4) is 5.88 Å². The van der Waals surface area contributed by atoms with Crippen LogP contribution >= 0.6 is 0 Å². The van der Waals surface area contributed by atoms with Crippen LogP contribution < -0.4 is 10.5 Å².